The van der Waals surface area contributed by atoms with Crippen LogP contribution in [0.2, 0.25) is 5.02 Å². The molecule has 0 aliphatic carbocycles. The highest BCUT2D eigenvalue weighted by Gasteiger charge is 2.13. The van der Waals surface area contributed by atoms with Gasteiger partial charge in [0.05, 0.1) is 23.0 Å². The van der Waals surface area contributed by atoms with Gasteiger partial charge in [-0.25, -0.2) is 4.98 Å². The Bertz CT molecular complexity index is 775. The minimum Gasteiger partial charge on any atom is -0.390 e. The van der Waals surface area contributed by atoms with Crippen LogP contribution in [0.5, 0.6) is 0 Å². The van der Waals surface area contributed by atoms with E-state index in [0.717, 1.165) is 22.6 Å². The molecule has 0 aliphatic rings. The smallest absolute Gasteiger partial charge is 0.137 e. The number of imidazole rings is 1. The number of rotatable bonds is 3. The monoisotopic (exact) mass is 300 g/mol. The molecule has 3 rings (SSSR count). The van der Waals surface area contributed by atoms with Gasteiger partial charge in [-0.1, -0.05) is 49.7 Å². The number of aliphatic hydroxyl groups is 1. The van der Waals surface area contributed by atoms with Gasteiger partial charge in [-0.2, -0.15) is 0 Å². The molecule has 0 saturated carbocycles. The quantitative estimate of drug-likeness (QED) is 0.784. The summed E-state index contributed by atoms with van der Waals surface area (Å²) >= 11 is 6.03. The van der Waals surface area contributed by atoms with Crippen LogP contribution in [0.15, 0.2) is 42.6 Å². The molecule has 0 radical (unpaired) electrons. The molecule has 3 nitrogen and oxygen atoms in total. The number of nitrogens with zero attached hydrogens (tertiary/aromatic N) is 2. The minimum atomic E-state index is -0.0806. The second kappa shape index (κ2) is 5.51. The largest absolute Gasteiger partial charge is 0.390 e. The van der Waals surface area contributed by atoms with Crippen molar-refractivity contribution in [3.8, 4) is 11.3 Å². The van der Waals surface area contributed by atoms with Crippen molar-refractivity contribution < 1.29 is 5.11 Å². The number of hydrogen-bond acceptors (Lipinski definition) is 2. The Morgan fingerprint density at radius 1 is 1.14 bits per heavy atom. The zero-order valence-corrected chi connectivity index (χ0v) is 12.8. The first kappa shape index (κ1) is 14.1. The van der Waals surface area contributed by atoms with Gasteiger partial charge in [0.15, 0.2) is 0 Å². The SMILES string of the molecule is CC(C)c1ccc(-c2nc3ccc(Cl)cn3c2CO)cc1. The number of aromatic nitrogens is 2. The van der Waals surface area contributed by atoms with Crippen molar-refractivity contribution in [2.24, 2.45) is 0 Å². The minimum absolute atomic E-state index is 0.0806. The van der Waals surface area contributed by atoms with Gasteiger partial charge in [-0.15, -0.1) is 0 Å². The fourth-order valence-electron chi connectivity index (χ4n) is 2.48. The topological polar surface area (TPSA) is 37.5 Å². The molecule has 0 spiro atoms. The van der Waals surface area contributed by atoms with Crippen molar-refractivity contribution in [2.75, 3.05) is 0 Å². The standard InChI is InChI=1S/C17H17ClN2O/c1-11(2)12-3-5-13(6-4-12)17-15(10-21)20-9-14(18)7-8-16(20)19-17/h3-9,11,21H,10H2,1-2H3. The number of aliphatic hydroxyl groups excluding tert-OH is 1. The molecule has 0 atom stereocenters. The summed E-state index contributed by atoms with van der Waals surface area (Å²) in [6.45, 7) is 4.25. The van der Waals surface area contributed by atoms with Crippen molar-refractivity contribution in [2.45, 2.75) is 26.4 Å². The third-order valence-corrected chi connectivity index (χ3v) is 3.91. The molecule has 0 fully saturated rings. The molecule has 0 saturated heterocycles. The van der Waals surface area contributed by atoms with Crippen LogP contribution in [-0.2, 0) is 6.61 Å². The zero-order valence-electron chi connectivity index (χ0n) is 12.0. The molecule has 0 bridgehead atoms. The van der Waals surface area contributed by atoms with Gasteiger partial charge in [-0.05, 0) is 23.6 Å². The summed E-state index contributed by atoms with van der Waals surface area (Å²) in [6.07, 6.45) is 1.78. The Balaban J connectivity index is 2.15. The predicted molar refractivity (Wildman–Crippen MR) is 85.6 cm³/mol. The fourth-order valence-corrected chi connectivity index (χ4v) is 2.64. The Morgan fingerprint density at radius 2 is 1.86 bits per heavy atom. The van der Waals surface area contributed by atoms with Crippen LogP contribution in [-0.4, -0.2) is 14.5 Å². The molecule has 4 heteroatoms. The number of benzene rings is 1. The summed E-state index contributed by atoms with van der Waals surface area (Å²) < 4.78 is 1.84. The summed E-state index contributed by atoms with van der Waals surface area (Å²) in [5, 5.41) is 10.3. The van der Waals surface area contributed by atoms with Crippen LogP contribution in [0.4, 0.5) is 0 Å². The summed E-state index contributed by atoms with van der Waals surface area (Å²) in [5.41, 5.74) is 4.63. The summed E-state index contributed by atoms with van der Waals surface area (Å²) in [7, 11) is 0. The predicted octanol–water partition coefficient (Wildman–Crippen LogP) is 4.27. The molecule has 0 aliphatic heterocycles. The second-order valence-electron chi connectivity index (χ2n) is 5.42. The Hall–Kier alpha value is -1.84. The van der Waals surface area contributed by atoms with Gasteiger partial charge < -0.3 is 5.11 Å². The van der Waals surface area contributed by atoms with Crippen molar-refractivity contribution in [1.82, 2.24) is 9.38 Å². The molecule has 2 aromatic heterocycles. The number of fused-ring (bicyclic) bond motifs is 1. The van der Waals surface area contributed by atoms with Gasteiger partial charge in [0, 0.05) is 11.8 Å². The van der Waals surface area contributed by atoms with Crippen LogP contribution in [0.3, 0.4) is 0 Å². The highest BCUT2D eigenvalue weighted by atomic mass is 35.5. The first-order chi connectivity index (χ1) is 10.1. The third-order valence-electron chi connectivity index (χ3n) is 3.68. The lowest BCUT2D eigenvalue weighted by Crippen LogP contribution is -1.94. The van der Waals surface area contributed by atoms with E-state index < -0.39 is 0 Å². The Kier molecular flexibility index (Phi) is 3.70. The first-order valence-corrected chi connectivity index (χ1v) is 7.35. The Morgan fingerprint density at radius 3 is 2.48 bits per heavy atom. The van der Waals surface area contributed by atoms with Crippen molar-refractivity contribution in [3.05, 3.63) is 58.9 Å². The molecule has 2 heterocycles. The van der Waals surface area contributed by atoms with Gasteiger partial charge >= 0.3 is 0 Å². The maximum absolute atomic E-state index is 9.70. The van der Waals surface area contributed by atoms with E-state index in [9.17, 15) is 5.11 Å². The summed E-state index contributed by atoms with van der Waals surface area (Å²) in [4.78, 5) is 4.61. The molecule has 0 amide bonds. The maximum atomic E-state index is 9.70. The van der Waals surface area contributed by atoms with Crippen molar-refractivity contribution in [3.63, 3.8) is 0 Å². The molecule has 1 aromatic carbocycles. The average Bonchev–Trinajstić information content (AvgIpc) is 2.85. The molecule has 21 heavy (non-hydrogen) atoms. The van der Waals surface area contributed by atoms with Crippen LogP contribution >= 0.6 is 11.6 Å². The Labute approximate surface area is 128 Å². The fraction of sp³-hybridized carbons (Fsp3) is 0.235. The van der Waals surface area contributed by atoms with Crippen LogP contribution in [0.25, 0.3) is 16.9 Å². The molecular formula is C17H17ClN2O. The lowest BCUT2D eigenvalue weighted by molar-refractivity contribution is 0.276. The average molecular weight is 301 g/mol. The molecule has 108 valence electrons. The van der Waals surface area contributed by atoms with Gasteiger partial charge in [-0.3, -0.25) is 4.40 Å². The highest BCUT2D eigenvalue weighted by molar-refractivity contribution is 6.30. The van der Waals surface area contributed by atoms with Crippen LogP contribution in [0.1, 0.15) is 31.0 Å². The van der Waals surface area contributed by atoms with Crippen LogP contribution in [0, 0.1) is 0 Å². The van der Waals surface area contributed by atoms with E-state index in [4.69, 9.17) is 11.6 Å². The van der Waals surface area contributed by atoms with E-state index in [2.05, 4.69) is 43.1 Å². The number of pyridine rings is 1. The lowest BCUT2D eigenvalue weighted by atomic mass is 10.0. The summed E-state index contributed by atoms with van der Waals surface area (Å²) in [6, 6.07) is 12.0. The van der Waals surface area contributed by atoms with E-state index in [1.54, 1.807) is 12.3 Å². The number of halogens is 1. The molecular weight excluding hydrogens is 284 g/mol. The molecule has 3 aromatic rings. The second-order valence-corrected chi connectivity index (χ2v) is 5.85. The van der Waals surface area contributed by atoms with Gasteiger partial charge in [0.1, 0.15) is 5.65 Å². The lowest BCUT2D eigenvalue weighted by Gasteiger charge is -2.06. The zero-order chi connectivity index (χ0) is 15.0. The molecule has 1 N–H and O–H groups in total. The van der Waals surface area contributed by atoms with Crippen LogP contribution < -0.4 is 0 Å². The van der Waals surface area contributed by atoms with Gasteiger partial charge in [0.2, 0.25) is 0 Å². The van der Waals surface area contributed by atoms with E-state index in [-0.39, 0.29) is 6.61 Å². The van der Waals surface area contributed by atoms with Crippen molar-refractivity contribution in [1.29, 1.82) is 0 Å². The normalized spacial score (nSPS) is 11.5. The highest BCUT2D eigenvalue weighted by Crippen LogP contribution is 2.27. The maximum Gasteiger partial charge on any atom is 0.137 e. The third kappa shape index (κ3) is 2.55. The summed E-state index contributed by atoms with van der Waals surface area (Å²) in [5.74, 6) is 0.497. The molecule has 0 unspecified atom stereocenters. The number of hydrogen-bond donors (Lipinski definition) is 1. The van der Waals surface area contributed by atoms with Gasteiger partial charge in [0.25, 0.3) is 0 Å². The van der Waals surface area contributed by atoms with E-state index in [1.807, 2.05) is 10.5 Å². The van der Waals surface area contributed by atoms with E-state index in [0.29, 0.717) is 10.9 Å². The van der Waals surface area contributed by atoms with E-state index in [1.165, 1.54) is 5.56 Å². The van der Waals surface area contributed by atoms with E-state index >= 15 is 0 Å². The first-order valence-electron chi connectivity index (χ1n) is 6.98. The van der Waals surface area contributed by atoms with Crippen molar-refractivity contribution >= 4 is 17.2 Å².